The summed E-state index contributed by atoms with van der Waals surface area (Å²) in [6.07, 6.45) is 1.84. The van der Waals surface area contributed by atoms with Crippen molar-refractivity contribution in [3.8, 4) is 0 Å². The predicted molar refractivity (Wildman–Crippen MR) is 65.7 cm³/mol. The number of hydrogen-bond donors (Lipinski definition) is 2. The first-order valence-electron chi connectivity index (χ1n) is 5.58. The average Bonchev–Trinajstić information content (AvgIpc) is 2.35. The third kappa shape index (κ3) is 4.14. The molecule has 0 spiro atoms. The first-order chi connectivity index (χ1) is 8.54. The van der Waals surface area contributed by atoms with E-state index >= 15 is 0 Å². The Morgan fingerprint density at radius 3 is 2.89 bits per heavy atom. The molecule has 0 saturated carbocycles. The van der Waals surface area contributed by atoms with E-state index in [1.54, 1.807) is 18.3 Å². The lowest BCUT2D eigenvalue weighted by atomic mass is 10.1. The number of nitrogens with zero attached hydrogens (tertiary/aromatic N) is 1. The van der Waals surface area contributed by atoms with Gasteiger partial charge >= 0.3 is 5.97 Å². The Labute approximate surface area is 106 Å². The Bertz CT molecular complexity index is 434. The number of esters is 1. The predicted octanol–water partition coefficient (Wildman–Crippen LogP) is 0.222. The van der Waals surface area contributed by atoms with Crippen molar-refractivity contribution in [3.05, 3.63) is 29.6 Å². The van der Waals surface area contributed by atoms with Crippen molar-refractivity contribution in [1.82, 2.24) is 10.3 Å². The fourth-order valence-electron chi connectivity index (χ4n) is 1.52. The summed E-state index contributed by atoms with van der Waals surface area (Å²) in [5.41, 5.74) is 6.09. The normalized spacial score (nSPS) is 11.9. The average molecular weight is 251 g/mol. The SMILES string of the molecule is COC(=O)c1cccnc1CNC(C)CC(N)=O. The maximum absolute atomic E-state index is 11.5. The molecule has 6 nitrogen and oxygen atoms in total. The topological polar surface area (TPSA) is 94.3 Å². The molecule has 0 aliphatic rings. The summed E-state index contributed by atoms with van der Waals surface area (Å²) in [7, 11) is 1.32. The monoisotopic (exact) mass is 251 g/mol. The molecule has 0 aliphatic carbocycles. The highest BCUT2D eigenvalue weighted by Crippen LogP contribution is 2.07. The number of carbonyl (C=O) groups excluding carboxylic acids is 2. The number of amides is 1. The number of nitrogens with one attached hydrogen (secondary N) is 1. The van der Waals surface area contributed by atoms with E-state index in [0.29, 0.717) is 17.8 Å². The molecule has 0 aromatic carbocycles. The van der Waals surface area contributed by atoms with E-state index in [4.69, 9.17) is 5.73 Å². The zero-order chi connectivity index (χ0) is 13.5. The third-order valence-electron chi connectivity index (χ3n) is 2.42. The molecular weight excluding hydrogens is 234 g/mol. The Kier molecular flexibility index (Phi) is 5.26. The summed E-state index contributed by atoms with van der Waals surface area (Å²) in [4.78, 5) is 26.3. The molecule has 98 valence electrons. The van der Waals surface area contributed by atoms with Gasteiger partial charge in [0.1, 0.15) is 0 Å². The summed E-state index contributed by atoms with van der Waals surface area (Å²) in [6.45, 7) is 2.21. The zero-order valence-electron chi connectivity index (χ0n) is 10.5. The Morgan fingerprint density at radius 2 is 2.28 bits per heavy atom. The quantitative estimate of drug-likeness (QED) is 0.705. The van der Waals surface area contributed by atoms with Crippen molar-refractivity contribution in [3.63, 3.8) is 0 Å². The second-order valence-electron chi connectivity index (χ2n) is 3.94. The van der Waals surface area contributed by atoms with Crippen LogP contribution >= 0.6 is 0 Å². The van der Waals surface area contributed by atoms with Gasteiger partial charge in [0.05, 0.1) is 18.4 Å². The molecule has 1 heterocycles. The maximum atomic E-state index is 11.5. The van der Waals surface area contributed by atoms with Gasteiger partial charge in [-0.05, 0) is 19.1 Å². The van der Waals surface area contributed by atoms with Crippen LogP contribution in [0.1, 0.15) is 29.4 Å². The molecule has 0 radical (unpaired) electrons. The highest BCUT2D eigenvalue weighted by Gasteiger charge is 2.13. The number of nitrogens with two attached hydrogens (primary N) is 1. The van der Waals surface area contributed by atoms with Crippen LogP contribution < -0.4 is 11.1 Å². The molecule has 1 unspecified atom stereocenters. The maximum Gasteiger partial charge on any atom is 0.339 e. The van der Waals surface area contributed by atoms with Gasteiger partial charge in [-0.25, -0.2) is 4.79 Å². The van der Waals surface area contributed by atoms with Crippen LogP contribution in [-0.4, -0.2) is 30.0 Å². The van der Waals surface area contributed by atoms with Crippen LogP contribution in [0.25, 0.3) is 0 Å². The fourth-order valence-corrected chi connectivity index (χ4v) is 1.52. The van der Waals surface area contributed by atoms with Gasteiger partial charge in [0.25, 0.3) is 0 Å². The molecule has 0 aliphatic heterocycles. The van der Waals surface area contributed by atoms with Crippen LogP contribution in [0, 0.1) is 0 Å². The van der Waals surface area contributed by atoms with Gasteiger partial charge in [-0.1, -0.05) is 0 Å². The van der Waals surface area contributed by atoms with Gasteiger partial charge < -0.3 is 15.8 Å². The Morgan fingerprint density at radius 1 is 1.56 bits per heavy atom. The Hall–Kier alpha value is -1.95. The molecule has 0 fully saturated rings. The van der Waals surface area contributed by atoms with E-state index in [1.165, 1.54) is 7.11 Å². The first-order valence-corrected chi connectivity index (χ1v) is 5.58. The molecule has 1 aromatic heterocycles. The molecule has 1 aromatic rings. The van der Waals surface area contributed by atoms with Crippen LogP contribution in [0.5, 0.6) is 0 Å². The van der Waals surface area contributed by atoms with Crippen LogP contribution in [0.2, 0.25) is 0 Å². The van der Waals surface area contributed by atoms with E-state index in [1.807, 2.05) is 6.92 Å². The lowest BCUT2D eigenvalue weighted by Crippen LogP contribution is -2.31. The first kappa shape index (κ1) is 14.1. The van der Waals surface area contributed by atoms with Crippen molar-refractivity contribution < 1.29 is 14.3 Å². The van der Waals surface area contributed by atoms with Crippen molar-refractivity contribution in [2.24, 2.45) is 5.73 Å². The summed E-state index contributed by atoms with van der Waals surface area (Å²) in [5, 5.41) is 3.08. The fraction of sp³-hybridized carbons (Fsp3) is 0.417. The number of primary amides is 1. The smallest absolute Gasteiger partial charge is 0.339 e. The minimum absolute atomic E-state index is 0.0741. The number of methoxy groups -OCH3 is 1. The van der Waals surface area contributed by atoms with Crippen LogP contribution in [-0.2, 0) is 16.1 Å². The summed E-state index contributed by atoms with van der Waals surface area (Å²) in [6, 6.07) is 3.24. The van der Waals surface area contributed by atoms with Crippen molar-refractivity contribution in [2.75, 3.05) is 7.11 Å². The van der Waals surface area contributed by atoms with Gasteiger partial charge in [-0.3, -0.25) is 9.78 Å². The van der Waals surface area contributed by atoms with E-state index in [9.17, 15) is 9.59 Å². The molecular formula is C12H17N3O3. The van der Waals surface area contributed by atoms with E-state index in [0.717, 1.165) is 0 Å². The van der Waals surface area contributed by atoms with Crippen molar-refractivity contribution >= 4 is 11.9 Å². The summed E-state index contributed by atoms with van der Waals surface area (Å²) in [5.74, 6) is -0.799. The minimum Gasteiger partial charge on any atom is -0.465 e. The molecule has 1 amide bonds. The van der Waals surface area contributed by atoms with Gasteiger partial charge in [0.2, 0.25) is 5.91 Å². The van der Waals surface area contributed by atoms with Crippen LogP contribution in [0.3, 0.4) is 0 Å². The summed E-state index contributed by atoms with van der Waals surface area (Å²) >= 11 is 0. The number of rotatable bonds is 6. The lowest BCUT2D eigenvalue weighted by Gasteiger charge is -2.12. The molecule has 0 bridgehead atoms. The molecule has 6 heteroatoms. The zero-order valence-corrected chi connectivity index (χ0v) is 10.5. The van der Waals surface area contributed by atoms with E-state index in [-0.39, 0.29) is 18.4 Å². The number of pyridine rings is 1. The highest BCUT2D eigenvalue weighted by molar-refractivity contribution is 5.90. The minimum atomic E-state index is -0.428. The van der Waals surface area contributed by atoms with E-state index < -0.39 is 5.97 Å². The number of carbonyl (C=O) groups is 2. The molecule has 0 saturated heterocycles. The third-order valence-corrected chi connectivity index (χ3v) is 2.42. The summed E-state index contributed by atoms with van der Waals surface area (Å²) < 4.78 is 4.67. The number of ether oxygens (including phenoxy) is 1. The molecule has 1 atom stereocenters. The van der Waals surface area contributed by atoms with Gasteiger partial charge in [0.15, 0.2) is 0 Å². The Balaban J connectivity index is 2.67. The van der Waals surface area contributed by atoms with Crippen LogP contribution in [0.4, 0.5) is 0 Å². The highest BCUT2D eigenvalue weighted by atomic mass is 16.5. The van der Waals surface area contributed by atoms with E-state index in [2.05, 4.69) is 15.0 Å². The second kappa shape index (κ2) is 6.70. The van der Waals surface area contributed by atoms with Crippen LogP contribution in [0.15, 0.2) is 18.3 Å². The molecule has 18 heavy (non-hydrogen) atoms. The molecule has 3 N–H and O–H groups in total. The number of hydrogen-bond acceptors (Lipinski definition) is 5. The van der Waals surface area contributed by atoms with Gasteiger partial charge in [-0.15, -0.1) is 0 Å². The van der Waals surface area contributed by atoms with Gasteiger partial charge in [-0.2, -0.15) is 0 Å². The van der Waals surface area contributed by atoms with Crippen molar-refractivity contribution in [2.45, 2.75) is 25.9 Å². The standard InChI is InChI=1S/C12H17N3O3/c1-8(6-11(13)16)15-7-10-9(12(17)18-2)4-3-5-14-10/h3-5,8,15H,6-7H2,1-2H3,(H2,13,16). The van der Waals surface area contributed by atoms with Crippen molar-refractivity contribution in [1.29, 1.82) is 0 Å². The largest absolute Gasteiger partial charge is 0.465 e. The lowest BCUT2D eigenvalue weighted by molar-refractivity contribution is -0.118. The molecule has 1 rings (SSSR count). The van der Waals surface area contributed by atoms with Gasteiger partial charge in [0, 0.05) is 25.2 Å². The number of aromatic nitrogens is 1. The second-order valence-corrected chi connectivity index (χ2v) is 3.94.